The summed E-state index contributed by atoms with van der Waals surface area (Å²) >= 11 is 0. The SMILES string of the molecule is CC(C)CC(=O)NCCCCNC(=O)CNC(C)C. The second-order valence-corrected chi connectivity index (χ2v) is 5.54. The number of rotatable bonds is 10. The fraction of sp³-hybridized carbons (Fsp3) is 0.857. The van der Waals surface area contributed by atoms with Crippen LogP contribution in [0, 0.1) is 5.92 Å². The zero-order valence-corrected chi connectivity index (χ0v) is 12.7. The molecule has 0 aromatic heterocycles. The third kappa shape index (κ3) is 13.1. The largest absolute Gasteiger partial charge is 0.356 e. The number of nitrogens with one attached hydrogen (secondary N) is 3. The van der Waals surface area contributed by atoms with Gasteiger partial charge in [0.05, 0.1) is 6.54 Å². The van der Waals surface area contributed by atoms with Crippen molar-refractivity contribution in [3.8, 4) is 0 Å². The molecule has 0 saturated carbocycles. The number of carbonyl (C=O) groups is 2. The lowest BCUT2D eigenvalue weighted by Crippen LogP contribution is -2.37. The van der Waals surface area contributed by atoms with Gasteiger partial charge in [0.1, 0.15) is 0 Å². The minimum absolute atomic E-state index is 0.0255. The van der Waals surface area contributed by atoms with Crippen LogP contribution in [0.25, 0.3) is 0 Å². The number of amides is 2. The summed E-state index contributed by atoms with van der Waals surface area (Å²) in [5.41, 5.74) is 0. The van der Waals surface area contributed by atoms with E-state index >= 15 is 0 Å². The van der Waals surface area contributed by atoms with Crippen LogP contribution in [0.2, 0.25) is 0 Å². The standard InChI is InChI=1S/C14H29N3O2/c1-11(2)9-13(18)15-7-5-6-8-16-14(19)10-17-12(3)4/h11-12,17H,5-10H2,1-4H3,(H,15,18)(H,16,19). The zero-order valence-electron chi connectivity index (χ0n) is 12.7. The molecular formula is C14H29N3O2. The van der Waals surface area contributed by atoms with E-state index in [4.69, 9.17) is 0 Å². The highest BCUT2D eigenvalue weighted by Gasteiger charge is 2.04. The summed E-state index contributed by atoms with van der Waals surface area (Å²) in [7, 11) is 0. The van der Waals surface area contributed by atoms with Crippen LogP contribution < -0.4 is 16.0 Å². The maximum atomic E-state index is 11.4. The van der Waals surface area contributed by atoms with Crippen LogP contribution in [0.4, 0.5) is 0 Å². The molecule has 112 valence electrons. The van der Waals surface area contributed by atoms with Gasteiger partial charge < -0.3 is 16.0 Å². The molecule has 5 nitrogen and oxygen atoms in total. The van der Waals surface area contributed by atoms with Gasteiger partial charge in [0.25, 0.3) is 0 Å². The Labute approximate surface area is 116 Å². The quantitative estimate of drug-likeness (QED) is 0.520. The molecule has 0 rings (SSSR count). The summed E-state index contributed by atoms with van der Waals surface area (Å²) in [6.45, 7) is 9.79. The molecule has 0 aliphatic carbocycles. The average Bonchev–Trinajstić information content (AvgIpc) is 2.30. The molecule has 0 unspecified atom stereocenters. The lowest BCUT2D eigenvalue weighted by molar-refractivity contribution is -0.122. The lowest BCUT2D eigenvalue weighted by Gasteiger charge is -2.09. The second kappa shape index (κ2) is 10.8. The zero-order chi connectivity index (χ0) is 14.7. The van der Waals surface area contributed by atoms with Crippen molar-refractivity contribution in [3.63, 3.8) is 0 Å². The predicted octanol–water partition coefficient (Wildman–Crippen LogP) is 1.04. The Hall–Kier alpha value is -1.10. The molecule has 0 spiro atoms. The van der Waals surface area contributed by atoms with Crippen molar-refractivity contribution in [1.29, 1.82) is 0 Å². The first-order valence-corrected chi connectivity index (χ1v) is 7.18. The molecule has 0 aliphatic rings. The number of unbranched alkanes of at least 4 members (excludes halogenated alkanes) is 1. The Bertz CT molecular complexity index is 265. The van der Waals surface area contributed by atoms with Gasteiger partial charge in [-0.25, -0.2) is 0 Å². The molecule has 3 N–H and O–H groups in total. The Balaban J connectivity index is 3.35. The Morgan fingerprint density at radius 1 is 0.895 bits per heavy atom. The smallest absolute Gasteiger partial charge is 0.233 e. The fourth-order valence-corrected chi connectivity index (χ4v) is 1.51. The molecular weight excluding hydrogens is 242 g/mol. The van der Waals surface area contributed by atoms with Gasteiger partial charge in [0.2, 0.25) is 11.8 Å². The summed E-state index contributed by atoms with van der Waals surface area (Å²) in [4.78, 5) is 22.7. The Morgan fingerprint density at radius 2 is 1.42 bits per heavy atom. The maximum Gasteiger partial charge on any atom is 0.233 e. The van der Waals surface area contributed by atoms with Crippen LogP contribution in [0.1, 0.15) is 47.0 Å². The van der Waals surface area contributed by atoms with Crippen molar-refractivity contribution in [2.24, 2.45) is 5.92 Å². The Kier molecular flexibility index (Phi) is 10.2. The van der Waals surface area contributed by atoms with Crippen molar-refractivity contribution < 1.29 is 9.59 Å². The number of hydrogen-bond acceptors (Lipinski definition) is 3. The molecule has 19 heavy (non-hydrogen) atoms. The number of hydrogen-bond donors (Lipinski definition) is 3. The molecule has 0 atom stereocenters. The van der Waals surface area contributed by atoms with Crippen LogP contribution in [0.15, 0.2) is 0 Å². The topological polar surface area (TPSA) is 70.2 Å². The van der Waals surface area contributed by atoms with Gasteiger partial charge >= 0.3 is 0 Å². The Morgan fingerprint density at radius 3 is 1.89 bits per heavy atom. The number of carbonyl (C=O) groups excluding carboxylic acids is 2. The molecule has 0 saturated heterocycles. The van der Waals surface area contributed by atoms with Crippen LogP contribution in [-0.4, -0.2) is 37.5 Å². The molecule has 2 amide bonds. The summed E-state index contributed by atoms with van der Waals surface area (Å²) in [6.07, 6.45) is 2.36. The van der Waals surface area contributed by atoms with Crippen molar-refractivity contribution in [2.45, 2.75) is 53.0 Å². The van der Waals surface area contributed by atoms with E-state index in [9.17, 15) is 9.59 Å². The highest BCUT2D eigenvalue weighted by molar-refractivity contribution is 5.78. The van der Waals surface area contributed by atoms with Crippen molar-refractivity contribution in [3.05, 3.63) is 0 Å². The first-order valence-electron chi connectivity index (χ1n) is 7.18. The van der Waals surface area contributed by atoms with E-state index < -0.39 is 0 Å². The molecule has 0 fully saturated rings. The first kappa shape index (κ1) is 17.9. The van der Waals surface area contributed by atoms with Gasteiger partial charge in [-0.05, 0) is 18.8 Å². The van der Waals surface area contributed by atoms with Crippen LogP contribution in [0.5, 0.6) is 0 Å². The van der Waals surface area contributed by atoms with Gasteiger partial charge in [-0.1, -0.05) is 27.7 Å². The van der Waals surface area contributed by atoms with E-state index in [-0.39, 0.29) is 11.8 Å². The first-order chi connectivity index (χ1) is 8.91. The third-order valence-electron chi connectivity index (χ3n) is 2.51. The van der Waals surface area contributed by atoms with Crippen LogP contribution >= 0.6 is 0 Å². The van der Waals surface area contributed by atoms with E-state index in [1.165, 1.54) is 0 Å². The minimum Gasteiger partial charge on any atom is -0.356 e. The molecule has 0 heterocycles. The molecule has 0 aromatic carbocycles. The average molecular weight is 271 g/mol. The fourth-order valence-electron chi connectivity index (χ4n) is 1.51. The summed E-state index contributed by atoms with van der Waals surface area (Å²) in [5.74, 6) is 0.533. The molecule has 5 heteroatoms. The van der Waals surface area contributed by atoms with Gasteiger partial charge in [-0.15, -0.1) is 0 Å². The molecule has 0 aliphatic heterocycles. The second-order valence-electron chi connectivity index (χ2n) is 5.54. The summed E-state index contributed by atoms with van der Waals surface area (Å²) in [6, 6.07) is 0.321. The van der Waals surface area contributed by atoms with Gasteiger partial charge in [0.15, 0.2) is 0 Å². The predicted molar refractivity (Wildman–Crippen MR) is 77.8 cm³/mol. The molecule has 0 bridgehead atoms. The van der Waals surface area contributed by atoms with Gasteiger partial charge in [-0.3, -0.25) is 9.59 Å². The van der Waals surface area contributed by atoms with Crippen LogP contribution in [0.3, 0.4) is 0 Å². The molecule has 0 radical (unpaired) electrons. The molecule has 0 aromatic rings. The summed E-state index contributed by atoms with van der Waals surface area (Å²) < 4.78 is 0. The monoisotopic (exact) mass is 271 g/mol. The van der Waals surface area contributed by atoms with Crippen molar-refractivity contribution in [1.82, 2.24) is 16.0 Å². The maximum absolute atomic E-state index is 11.4. The van der Waals surface area contributed by atoms with E-state index in [0.29, 0.717) is 38.0 Å². The van der Waals surface area contributed by atoms with Crippen LogP contribution in [-0.2, 0) is 9.59 Å². The van der Waals surface area contributed by atoms with E-state index in [0.717, 1.165) is 12.8 Å². The van der Waals surface area contributed by atoms with E-state index in [2.05, 4.69) is 16.0 Å². The van der Waals surface area contributed by atoms with Crippen molar-refractivity contribution >= 4 is 11.8 Å². The van der Waals surface area contributed by atoms with Crippen molar-refractivity contribution in [2.75, 3.05) is 19.6 Å². The van der Waals surface area contributed by atoms with Gasteiger partial charge in [0, 0.05) is 25.6 Å². The highest BCUT2D eigenvalue weighted by atomic mass is 16.2. The van der Waals surface area contributed by atoms with E-state index in [1.54, 1.807) is 0 Å². The summed E-state index contributed by atoms with van der Waals surface area (Å²) in [5, 5.41) is 8.78. The van der Waals surface area contributed by atoms with E-state index in [1.807, 2.05) is 27.7 Å². The third-order valence-corrected chi connectivity index (χ3v) is 2.51. The normalized spacial score (nSPS) is 10.8. The minimum atomic E-state index is 0.0255. The lowest BCUT2D eigenvalue weighted by atomic mass is 10.1. The van der Waals surface area contributed by atoms with Gasteiger partial charge in [-0.2, -0.15) is 0 Å². The highest BCUT2D eigenvalue weighted by Crippen LogP contribution is 1.98.